The van der Waals surface area contributed by atoms with Crippen molar-refractivity contribution in [2.45, 2.75) is 59.9 Å². The van der Waals surface area contributed by atoms with Gasteiger partial charge in [-0.05, 0) is 25.0 Å². The van der Waals surface area contributed by atoms with E-state index in [0.717, 1.165) is 4.90 Å². The van der Waals surface area contributed by atoms with Crippen LogP contribution in [-0.4, -0.2) is 47.8 Å². The Bertz CT molecular complexity index is 633. The minimum absolute atomic E-state index is 0.0450. The number of aliphatic imine (C=N–C) groups is 1. The minimum Gasteiger partial charge on any atom is -0.296 e. The van der Waals surface area contributed by atoms with Gasteiger partial charge in [-0.1, -0.05) is 33.8 Å². The zero-order valence-corrected chi connectivity index (χ0v) is 16.5. The number of nitrogens with one attached hydrogen (secondary N) is 1. The standard InChI is InChI=1S/C15H17N3O4.2C2H6/c1-3-9-8-13(20)18(15(22)10(9)6-7-16-2)11-4-5-12(19)17-14(11)21;2*1-2/h3,6-7,11H,4-5,8H2,1-2H3,(H,17,19,21);2*1-2H3/b9-3-,10-6+,16-7?;;. The van der Waals surface area contributed by atoms with Crippen molar-refractivity contribution in [1.82, 2.24) is 10.2 Å². The highest BCUT2D eigenvalue weighted by atomic mass is 16.2. The number of hydrogen-bond donors (Lipinski definition) is 1. The summed E-state index contributed by atoms with van der Waals surface area (Å²) in [6.07, 6.45) is 5.01. The highest BCUT2D eigenvalue weighted by Crippen LogP contribution is 2.27. The van der Waals surface area contributed by atoms with Gasteiger partial charge in [0.05, 0.1) is 6.42 Å². The van der Waals surface area contributed by atoms with E-state index in [-0.39, 0.29) is 25.2 Å². The van der Waals surface area contributed by atoms with Gasteiger partial charge in [0.2, 0.25) is 17.7 Å². The number of carbonyl (C=O) groups is 4. The summed E-state index contributed by atoms with van der Waals surface area (Å²) in [6, 6.07) is -0.932. The molecule has 0 aliphatic carbocycles. The summed E-state index contributed by atoms with van der Waals surface area (Å²) in [5.41, 5.74) is 0.954. The second-order valence-electron chi connectivity index (χ2n) is 5.01. The lowest BCUT2D eigenvalue weighted by Gasteiger charge is -2.35. The van der Waals surface area contributed by atoms with Crippen LogP contribution in [0.1, 0.15) is 53.9 Å². The lowest BCUT2D eigenvalue weighted by Crippen LogP contribution is -2.58. The van der Waals surface area contributed by atoms with Crippen LogP contribution in [0.3, 0.4) is 0 Å². The highest BCUT2D eigenvalue weighted by Gasteiger charge is 2.42. The Hall–Kier alpha value is -2.57. The van der Waals surface area contributed by atoms with Gasteiger partial charge in [0.1, 0.15) is 6.04 Å². The van der Waals surface area contributed by atoms with E-state index in [4.69, 9.17) is 0 Å². The first-order valence-electron chi connectivity index (χ1n) is 8.97. The molecule has 0 bridgehead atoms. The van der Waals surface area contributed by atoms with E-state index in [2.05, 4.69) is 10.3 Å². The fourth-order valence-electron chi connectivity index (χ4n) is 2.55. The number of likely N-dealkylation sites (tertiary alicyclic amines) is 1. The second kappa shape index (κ2) is 11.9. The van der Waals surface area contributed by atoms with Gasteiger partial charge in [-0.3, -0.25) is 34.4 Å². The molecule has 1 atom stereocenters. The fourth-order valence-corrected chi connectivity index (χ4v) is 2.55. The van der Waals surface area contributed by atoms with Crippen LogP contribution in [-0.2, 0) is 19.2 Å². The number of piperidine rings is 2. The van der Waals surface area contributed by atoms with Crippen molar-refractivity contribution < 1.29 is 19.2 Å². The van der Waals surface area contributed by atoms with Crippen LogP contribution in [0.5, 0.6) is 0 Å². The predicted octanol–water partition coefficient (Wildman–Crippen LogP) is 2.18. The molecule has 4 amide bonds. The van der Waals surface area contributed by atoms with Gasteiger partial charge < -0.3 is 0 Å². The third-order valence-corrected chi connectivity index (χ3v) is 3.67. The van der Waals surface area contributed by atoms with Gasteiger partial charge in [-0.15, -0.1) is 0 Å². The largest absolute Gasteiger partial charge is 0.296 e. The van der Waals surface area contributed by atoms with Crippen LogP contribution in [0, 0.1) is 0 Å². The molecule has 1 N–H and O–H groups in total. The number of nitrogens with zero attached hydrogens (tertiary/aromatic N) is 2. The van der Waals surface area contributed by atoms with Crippen molar-refractivity contribution in [2.75, 3.05) is 7.05 Å². The first kappa shape index (κ1) is 23.4. The van der Waals surface area contributed by atoms with Crippen molar-refractivity contribution in [2.24, 2.45) is 4.99 Å². The molecule has 2 aliphatic heterocycles. The molecule has 2 rings (SSSR count). The molecule has 2 heterocycles. The molecule has 144 valence electrons. The molecule has 0 spiro atoms. The molecule has 7 nitrogen and oxygen atoms in total. The number of amides is 4. The Morgan fingerprint density at radius 3 is 2.23 bits per heavy atom. The van der Waals surface area contributed by atoms with Crippen LogP contribution in [0.25, 0.3) is 0 Å². The zero-order chi connectivity index (χ0) is 20.3. The smallest absolute Gasteiger partial charge is 0.261 e. The number of imide groups is 2. The molecule has 2 saturated heterocycles. The molecule has 1 unspecified atom stereocenters. The monoisotopic (exact) mass is 363 g/mol. The predicted molar refractivity (Wildman–Crippen MR) is 102 cm³/mol. The van der Waals surface area contributed by atoms with Crippen molar-refractivity contribution in [3.8, 4) is 0 Å². The maximum absolute atomic E-state index is 12.6. The molecule has 0 aromatic heterocycles. The third-order valence-electron chi connectivity index (χ3n) is 3.67. The highest BCUT2D eigenvalue weighted by molar-refractivity contribution is 6.16. The molecule has 0 aromatic rings. The number of hydrogen-bond acceptors (Lipinski definition) is 5. The summed E-state index contributed by atoms with van der Waals surface area (Å²) in [7, 11) is 1.57. The van der Waals surface area contributed by atoms with Crippen molar-refractivity contribution in [3.05, 3.63) is 23.3 Å². The summed E-state index contributed by atoms with van der Waals surface area (Å²) in [5, 5.41) is 2.17. The van der Waals surface area contributed by atoms with E-state index in [1.807, 2.05) is 27.7 Å². The first-order chi connectivity index (χ1) is 12.5. The van der Waals surface area contributed by atoms with Gasteiger partial charge in [0.15, 0.2) is 0 Å². The number of rotatable bonds is 2. The number of carbonyl (C=O) groups excluding carboxylic acids is 4. The van der Waals surface area contributed by atoms with Crippen molar-refractivity contribution in [3.63, 3.8) is 0 Å². The van der Waals surface area contributed by atoms with Crippen LogP contribution in [0.4, 0.5) is 0 Å². The van der Waals surface area contributed by atoms with Gasteiger partial charge in [-0.2, -0.15) is 0 Å². The van der Waals surface area contributed by atoms with E-state index in [1.165, 1.54) is 12.3 Å². The maximum atomic E-state index is 12.6. The number of allylic oxidation sites excluding steroid dienone is 2. The maximum Gasteiger partial charge on any atom is 0.261 e. The lowest BCUT2D eigenvalue weighted by atomic mass is 9.92. The minimum atomic E-state index is -0.932. The van der Waals surface area contributed by atoms with Gasteiger partial charge in [0.25, 0.3) is 5.91 Å². The Labute approximate surface area is 155 Å². The quantitative estimate of drug-likeness (QED) is 0.462. The Balaban J connectivity index is 0.00000146. The molecule has 0 radical (unpaired) electrons. The molecule has 2 aliphatic rings. The molecule has 0 saturated carbocycles. The molecular weight excluding hydrogens is 334 g/mol. The van der Waals surface area contributed by atoms with Crippen LogP contribution in [0.15, 0.2) is 28.3 Å². The van der Waals surface area contributed by atoms with E-state index >= 15 is 0 Å². The van der Waals surface area contributed by atoms with Crippen LogP contribution in [0.2, 0.25) is 0 Å². The summed E-state index contributed by atoms with van der Waals surface area (Å²) in [5.74, 6) is -1.96. The normalized spacial score (nSPS) is 23.5. The zero-order valence-electron chi connectivity index (χ0n) is 16.5. The van der Waals surface area contributed by atoms with Gasteiger partial charge in [0, 0.05) is 25.3 Å². The molecular formula is C19H29N3O4. The molecule has 0 aromatic carbocycles. The molecule has 26 heavy (non-hydrogen) atoms. The summed E-state index contributed by atoms with van der Waals surface area (Å²) < 4.78 is 0. The Morgan fingerprint density at radius 1 is 1.12 bits per heavy atom. The van der Waals surface area contributed by atoms with Gasteiger partial charge in [-0.25, -0.2) is 0 Å². The molecule has 2 fully saturated rings. The SMILES string of the molecule is C/C=C1/CC(=O)N(C2CCC(=O)NC2=O)C(=O)/C1=C/C=NC.CC.CC. The summed E-state index contributed by atoms with van der Waals surface area (Å²) in [6.45, 7) is 9.74. The van der Waals surface area contributed by atoms with E-state index < -0.39 is 23.8 Å². The van der Waals surface area contributed by atoms with Crippen molar-refractivity contribution >= 4 is 29.8 Å². The van der Waals surface area contributed by atoms with E-state index in [1.54, 1.807) is 20.0 Å². The second-order valence-corrected chi connectivity index (χ2v) is 5.01. The van der Waals surface area contributed by atoms with Crippen LogP contribution >= 0.6 is 0 Å². The average Bonchev–Trinajstić information content (AvgIpc) is 2.65. The lowest BCUT2D eigenvalue weighted by molar-refractivity contribution is -0.154. The van der Waals surface area contributed by atoms with Gasteiger partial charge >= 0.3 is 0 Å². The summed E-state index contributed by atoms with van der Waals surface area (Å²) in [4.78, 5) is 52.8. The third kappa shape index (κ3) is 5.47. The van der Waals surface area contributed by atoms with Crippen molar-refractivity contribution in [1.29, 1.82) is 0 Å². The Kier molecular flexibility index (Phi) is 10.7. The topological polar surface area (TPSA) is 95.9 Å². The molecule has 7 heteroatoms. The fraction of sp³-hybridized carbons (Fsp3) is 0.526. The average molecular weight is 363 g/mol. The Morgan fingerprint density at radius 2 is 1.73 bits per heavy atom. The van der Waals surface area contributed by atoms with Crippen LogP contribution < -0.4 is 5.32 Å². The van der Waals surface area contributed by atoms with E-state index in [0.29, 0.717) is 11.1 Å². The summed E-state index contributed by atoms with van der Waals surface area (Å²) >= 11 is 0. The van der Waals surface area contributed by atoms with E-state index in [9.17, 15) is 19.2 Å². The first-order valence-corrected chi connectivity index (χ1v) is 8.97.